The number of carbonyl (C=O) groups is 4. The van der Waals surface area contributed by atoms with Crippen molar-refractivity contribution in [1.82, 2.24) is 16.0 Å². The number of hydrogen-bond acceptors (Lipinski definition) is 6. The zero-order valence-electron chi connectivity index (χ0n) is 17.2. The van der Waals surface area contributed by atoms with Crippen molar-refractivity contribution in [3.05, 3.63) is 0 Å². The number of carboxylic acids is 1. The van der Waals surface area contributed by atoms with Crippen LogP contribution in [0.5, 0.6) is 0 Å². The molecule has 0 saturated heterocycles. The van der Waals surface area contributed by atoms with Crippen molar-refractivity contribution in [3.8, 4) is 0 Å². The quantitative estimate of drug-likeness (QED) is 0.242. The van der Waals surface area contributed by atoms with E-state index >= 15 is 0 Å². The number of rotatable bonds is 12. The molecule has 0 aromatic carbocycles. The van der Waals surface area contributed by atoms with Crippen molar-refractivity contribution >= 4 is 23.7 Å². The molecule has 0 saturated carbocycles. The normalized spacial score (nSPS) is 16.4. The Labute approximate surface area is 165 Å². The van der Waals surface area contributed by atoms with Gasteiger partial charge in [-0.2, -0.15) is 0 Å². The number of aliphatic hydroxyl groups is 1. The van der Waals surface area contributed by atoms with Crippen molar-refractivity contribution in [2.75, 3.05) is 6.54 Å². The molecule has 0 heterocycles. The molecule has 0 bridgehead atoms. The van der Waals surface area contributed by atoms with Crippen molar-refractivity contribution in [2.45, 2.75) is 71.7 Å². The molecule has 0 fully saturated rings. The zero-order valence-corrected chi connectivity index (χ0v) is 17.2. The summed E-state index contributed by atoms with van der Waals surface area (Å²) in [6.45, 7) is 8.12. The Bertz CT molecular complexity index is 552. The van der Waals surface area contributed by atoms with Crippen LogP contribution in [0.25, 0.3) is 0 Å². The van der Waals surface area contributed by atoms with Crippen LogP contribution in [0.2, 0.25) is 0 Å². The first-order valence-corrected chi connectivity index (χ1v) is 9.44. The van der Waals surface area contributed by atoms with Crippen LogP contribution in [-0.2, 0) is 19.2 Å². The molecule has 0 radical (unpaired) electrons. The topological polar surface area (TPSA) is 171 Å². The number of amides is 3. The summed E-state index contributed by atoms with van der Waals surface area (Å²) in [5, 5.41) is 25.6. The molecule has 0 aromatic heterocycles. The average molecular weight is 402 g/mol. The van der Waals surface area contributed by atoms with Gasteiger partial charge in [-0.05, 0) is 25.2 Å². The van der Waals surface area contributed by atoms with Crippen LogP contribution >= 0.6 is 0 Å². The van der Waals surface area contributed by atoms with Gasteiger partial charge in [-0.15, -0.1) is 0 Å². The van der Waals surface area contributed by atoms with Crippen LogP contribution in [-0.4, -0.2) is 64.7 Å². The van der Waals surface area contributed by atoms with Crippen molar-refractivity contribution in [2.24, 2.45) is 17.6 Å². The lowest BCUT2D eigenvalue weighted by atomic mass is 9.97. The molecule has 162 valence electrons. The maximum atomic E-state index is 12.7. The second-order valence-electron chi connectivity index (χ2n) is 7.44. The van der Waals surface area contributed by atoms with E-state index in [4.69, 9.17) is 10.8 Å². The molecular weight excluding hydrogens is 368 g/mol. The van der Waals surface area contributed by atoms with E-state index in [0.717, 1.165) is 0 Å². The van der Waals surface area contributed by atoms with Crippen LogP contribution in [0.3, 0.4) is 0 Å². The van der Waals surface area contributed by atoms with Gasteiger partial charge in [0.05, 0.1) is 12.1 Å². The summed E-state index contributed by atoms with van der Waals surface area (Å²) in [5.41, 5.74) is 5.91. The standard InChI is InChI=1S/C18H34N4O6/c1-6-10(4)14(19)17(27)21-12(7-9(2)3)16(26)22-15(11(5)23)18(28)20-8-13(24)25/h9-12,14-15,23H,6-8,19H2,1-5H3,(H,20,28)(H,21,27)(H,22,26)(H,24,25). The Kier molecular flexibility index (Phi) is 11.3. The zero-order chi connectivity index (χ0) is 22.0. The third-order valence-electron chi connectivity index (χ3n) is 4.38. The van der Waals surface area contributed by atoms with E-state index in [9.17, 15) is 24.3 Å². The highest BCUT2D eigenvalue weighted by Crippen LogP contribution is 2.09. The van der Waals surface area contributed by atoms with E-state index in [1.165, 1.54) is 6.92 Å². The Morgan fingerprint density at radius 1 is 0.964 bits per heavy atom. The third kappa shape index (κ3) is 9.14. The lowest BCUT2D eigenvalue weighted by Crippen LogP contribution is -2.59. The Morgan fingerprint density at radius 3 is 1.96 bits per heavy atom. The Balaban J connectivity index is 5.22. The van der Waals surface area contributed by atoms with Gasteiger partial charge in [0.25, 0.3) is 0 Å². The summed E-state index contributed by atoms with van der Waals surface area (Å²) in [7, 11) is 0. The first-order valence-electron chi connectivity index (χ1n) is 9.44. The predicted octanol–water partition coefficient (Wildman–Crippen LogP) is -1.04. The molecule has 10 nitrogen and oxygen atoms in total. The average Bonchev–Trinajstić information content (AvgIpc) is 2.61. The van der Waals surface area contributed by atoms with E-state index < -0.39 is 54.5 Å². The fraction of sp³-hybridized carbons (Fsp3) is 0.778. The number of carboxylic acid groups (broad SMARTS) is 1. The van der Waals surface area contributed by atoms with E-state index in [0.29, 0.717) is 12.8 Å². The van der Waals surface area contributed by atoms with E-state index in [-0.39, 0.29) is 11.8 Å². The minimum absolute atomic E-state index is 0.0571. The van der Waals surface area contributed by atoms with Crippen molar-refractivity contribution < 1.29 is 29.4 Å². The molecule has 3 amide bonds. The summed E-state index contributed by atoms with van der Waals surface area (Å²) < 4.78 is 0. The second kappa shape index (κ2) is 12.3. The summed E-state index contributed by atoms with van der Waals surface area (Å²) in [5.74, 6) is -3.24. The van der Waals surface area contributed by atoms with Gasteiger partial charge in [-0.25, -0.2) is 0 Å². The van der Waals surface area contributed by atoms with Gasteiger partial charge in [0.2, 0.25) is 17.7 Å². The van der Waals surface area contributed by atoms with E-state index in [1.54, 1.807) is 0 Å². The molecule has 0 spiro atoms. The number of hydrogen-bond donors (Lipinski definition) is 6. The first kappa shape index (κ1) is 25.8. The van der Waals surface area contributed by atoms with Gasteiger partial charge in [0.15, 0.2) is 0 Å². The fourth-order valence-electron chi connectivity index (χ4n) is 2.41. The van der Waals surface area contributed by atoms with E-state index in [1.807, 2.05) is 27.7 Å². The van der Waals surface area contributed by atoms with E-state index in [2.05, 4.69) is 16.0 Å². The van der Waals surface area contributed by atoms with Crippen LogP contribution < -0.4 is 21.7 Å². The maximum absolute atomic E-state index is 12.7. The van der Waals surface area contributed by atoms with Crippen LogP contribution in [0, 0.1) is 11.8 Å². The van der Waals surface area contributed by atoms with Crippen molar-refractivity contribution in [1.29, 1.82) is 0 Å². The SMILES string of the molecule is CCC(C)C(N)C(=O)NC(CC(C)C)C(=O)NC(C(=O)NCC(=O)O)C(C)O. The van der Waals surface area contributed by atoms with Gasteiger partial charge >= 0.3 is 5.97 Å². The number of nitrogens with one attached hydrogen (secondary N) is 3. The molecule has 5 atom stereocenters. The first-order chi connectivity index (χ1) is 12.9. The highest BCUT2D eigenvalue weighted by atomic mass is 16.4. The smallest absolute Gasteiger partial charge is 0.322 e. The molecule has 0 aromatic rings. The molecule has 0 aliphatic heterocycles. The minimum atomic E-state index is -1.36. The number of aliphatic hydroxyl groups excluding tert-OH is 1. The van der Waals surface area contributed by atoms with Gasteiger partial charge in [-0.1, -0.05) is 34.1 Å². The largest absolute Gasteiger partial charge is 0.480 e. The Morgan fingerprint density at radius 2 is 1.54 bits per heavy atom. The predicted molar refractivity (Wildman–Crippen MR) is 103 cm³/mol. The molecule has 28 heavy (non-hydrogen) atoms. The molecule has 7 N–H and O–H groups in total. The van der Waals surface area contributed by atoms with Gasteiger partial charge in [-0.3, -0.25) is 19.2 Å². The lowest BCUT2D eigenvalue weighted by molar-refractivity contribution is -0.139. The molecule has 5 unspecified atom stereocenters. The minimum Gasteiger partial charge on any atom is -0.480 e. The number of carbonyl (C=O) groups excluding carboxylic acids is 3. The van der Waals surface area contributed by atoms with Crippen LogP contribution in [0.15, 0.2) is 0 Å². The summed E-state index contributed by atoms with van der Waals surface area (Å²) >= 11 is 0. The Hall–Kier alpha value is -2.20. The summed E-state index contributed by atoms with van der Waals surface area (Å²) in [6, 6.07) is -3.09. The third-order valence-corrected chi connectivity index (χ3v) is 4.38. The van der Waals surface area contributed by atoms with Gasteiger partial charge in [0, 0.05) is 0 Å². The van der Waals surface area contributed by atoms with Crippen LogP contribution in [0.1, 0.15) is 47.5 Å². The van der Waals surface area contributed by atoms with Crippen molar-refractivity contribution in [3.63, 3.8) is 0 Å². The number of nitrogens with two attached hydrogens (primary N) is 1. The fourth-order valence-corrected chi connectivity index (χ4v) is 2.41. The molecule has 10 heteroatoms. The number of aliphatic carboxylic acids is 1. The monoisotopic (exact) mass is 402 g/mol. The molecule has 0 aliphatic rings. The lowest BCUT2D eigenvalue weighted by Gasteiger charge is -2.27. The highest BCUT2D eigenvalue weighted by Gasteiger charge is 2.31. The maximum Gasteiger partial charge on any atom is 0.322 e. The highest BCUT2D eigenvalue weighted by molar-refractivity contribution is 5.94. The summed E-state index contributed by atoms with van der Waals surface area (Å²) in [4.78, 5) is 47.7. The van der Waals surface area contributed by atoms with Gasteiger partial charge in [0.1, 0.15) is 18.6 Å². The molecule has 0 rings (SSSR count). The van der Waals surface area contributed by atoms with Crippen LogP contribution in [0.4, 0.5) is 0 Å². The second-order valence-corrected chi connectivity index (χ2v) is 7.44. The molecular formula is C18H34N4O6. The molecule has 0 aliphatic carbocycles. The summed E-state index contributed by atoms with van der Waals surface area (Å²) in [6.07, 6.45) is -0.270. The van der Waals surface area contributed by atoms with Gasteiger partial charge < -0.3 is 31.9 Å².